The van der Waals surface area contributed by atoms with Gasteiger partial charge in [0.05, 0.1) is 33.0 Å². The smallest absolute Gasteiger partial charge is 0.186 e. The highest BCUT2D eigenvalue weighted by molar-refractivity contribution is 4.93. The van der Waals surface area contributed by atoms with E-state index in [2.05, 4.69) is 0 Å². The summed E-state index contributed by atoms with van der Waals surface area (Å²) < 4.78 is 31.9. The van der Waals surface area contributed by atoms with Crippen LogP contribution in [0.1, 0.15) is 0 Å². The molecule has 3 aliphatic rings. The van der Waals surface area contributed by atoms with Crippen LogP contribution in [0.2, 0.25) is 0 Å². The summed E-state index contributed by atoms with van der Waals surface area (Å²) in [5.41, 5.74) is 0. The number of aliphatic hydroxyl groups excluding tert-OH is 12. The van der Waals surface area contributed by atoms with Crippen molar-refractivity contribution in [2.24, 2.45) is 0 Å². The third kappa shape index (κ3) is 7.57. The molecule has 3 aliphatic heterocycles. The molecule has 0 unspecified atom stereocenters. The van der Waals surface area contributed by atoms with Crippen LogP contribution >= 0.6 is 0 Å². The zero-order valence-electron chi connectivity index (χ0n) is 20.6. The minimum atomic E-state index is -1.83. The van der Waals surface area contributed by atoms with Crippen LogP contribution in [0.3, 0.4) is 0 Å². The van der Waals surface area contributed by atoms with Crippen LogP contribution in [-0.4, -0.2) is 193 Å². The number of rotatable bonds is 11. The first-order chi connectivity index (χ1) is 18.4. The molecule has 16 atom stereocenters. The van der Waals surface area contributed by atoms with Gasteiger partial charge in [0, 0.05) is 0 Å². The second-order valence-corrected chi connectivity index (χ2v) is 9.56. The van der Waals surface area contributed by atoms with Crippen molar-refractivity contribution in [1.82, 2.24) is 0 Å². The van der Waals surface area contributed by atoms with E-state index < -0.39 is 131 Å². The standard InChI is InChI=1S/C21H38O18/c22-1-6(24)3-34-19-17(32)14(29)11(26)8(38-19)5-36-21-18(33)15(30)12(27)9(39-21)4-35-20-16(31)13(28)10(25)7(2-23)37-20/h6-33H,1-5H2/t6-,7-,8-,9-,10-,11-,12-,13+,14+,15+,16-,17-,18-,19-,20-,21-/m1/s1. The summed E-state index contributed by atoms with van der Waals surface area (Å²) in [4.78, 5) is 0. The summed E-state index contributed by atoms with van der Waals surface area (Å²) in [6.45, 7) is -3.02. The maximum absolute atomic E-state index is 10.3. The minimum Gasteiger partial charge on any atom is -0.394 e. The van der Waals surface area contributed by atoms with Crippen molar-refractivity contribution in [3.05, 3.63) is 0 Å². The van der Waals surface area contributed by atoms with Gasteiger partial charge in [0.1, 0.15) is 79.4 Å². The Kier molecular flexibility index (Phi) is 12.1. The second-order valence-electron chi connectivity index (χ2n) is 9.56. The van der Waals surface area contributed by atoms with Gasteiger partial charge < -0.3 is 89.7 Å². The Morgan fingerprint density at radius 3 is 1.23 bits per heavy atom. The van der Waals surface area contributed by atoms with Crippen molar-refractivity contribution in [1.29, 1.82) is 0 Å². The van der Waals surface area contributed by atoms with Crippen LogP contribution in [0.15, 0.2) is 0 Å². The molecule has 3 saturated heterocycles. The summed E-state index contributed by atoms with van der Waals surface area (Å²) in [5, 5.41) is 119. The van der Waals surface area contributed by atoms with E-state index in [1.165, 1.54) is 0 Å². The fraction of sp³-hybridized carbons (Fsp3) is 1.00. The van der Waals surface area contributed by atoms with Crippen LogP contribution in [0.4, 0.5) is 0 Å². The number of hydrogen-bond donors (Lipinski definition) is 12. The van der Waals surface area contributed by atoms with Crippen molar-refractivity contribution >= 4 is 0 Å². The van der Waals surface area contributed by atoms with E-state index in [-0.39, 0.29) is 0 Å². The third-order valence-corrected chi connectivity index (χ3v) is 6.70. The Morgan fingerprint density at radius 2 is 0.846 bits per heavy atom. The molecule has 0 aromatic rings. The summed E-state index contributed by atoms with van der Waals surface area (Å²) >= 11 is 0. The van der Waals surface area contributed by atoms with Gasteiger partial charge in [-0.1, -0.05) is 0 Å². The van der Waals surface area contributed by atoms with Crippen molar-refractivity contribution in [3.63, 3.8) is 0 Å². The molecule has 0 bridgehead atoms. The molecule has 0 aromatic heterocycles. The first-order valence-corrected chi connectivity index (χ1v) is 12.2. The lowest BCUT2D eigenvalue weighted by Gasteiger charge is -2.43. The Hall–Kier alpha value is -0.720. The molecule has 3 fully saturated rings. The molecular formula is C21H38O18. The number of hydrogen-bond acceptors (Lipinski definition) is 18. The largest absolute Gasteiger partial charge is 0.394 e. The van der Waals surface area contributed by atoms with Crippen molar-refractivity contribution in [2.75, 3.05) is 33.0 Å². The lowest BCUT2D eigenvalue weighted by molar-refractivity contribution is -0.343. The molecule has 0 aromatic carbocycles. The summed E-state index contributed by atoms with van der Waals surface area (Å²) in [7, 11) is 0. The molecule has 0 radical (unpaired) electrons. The second kappa shape index (κ2) is 14.4. The molecule has 0 spiro atoms. The van der Waals surface area contributed by atoms with E-state index in [4.69, 9.17) is 33.5 Å². The molecule has 3 heterocycles. The topological polar surface area (TPSA) is 298 Å². The van der Waals surface area contributed by atoms with Crippen molar-refractivity contribution in [2.45, 2.75) is 98.2 Å². The van der Waals surface area contributed by atoms with Gasteiger partial charge in [-0.2, -0.15) is 0 Å². The first kappa shape index (κ1) is 32.8. The molecule has 0 amide bonds. The van der Waals surface area contributed by atoms with Gasteiger partial charge in [0.2, 0.25) is 0 Å². The Labute approximate surface area is 221 Å². The fourth-order valence-corrected chi connectivity index (χ4v) is 4.23. The van der Waals surface area contributed by atoms with Crippen molar-refractivity contribution < 1.29 is 89.7 Å². The van der Waals surface area contributed by atoms with E-state index in [0.29, 0.717) is 0 Å². The zero-order valence-corrected chi connectivity index (χ0v) is 20.6. The lowest BCUT2D eigenvalue weighted by atomic mass is 9.98. The first-order valence-electron chi connectivity index (χ1n) is 12.2. The van der Waals surface area contributed by atoms with Gasteiger partial charge in [-0.25, -0.2) is 0 Å². The van der Waals surface area contributed by atoms with Gasteiger partial charge in [0.15, 0.2) is 18.9 Å². The highest BCUT2D eigenvalue weighted by Crippen LogP contribution is 2.28. The van der Waals surface area contributed by atoms with Crippen LogP contribution in [-0.2, 0) is 28.4 Å². The van der Waals surface area contributed by atoms with Crippen LogP contribution in [0.5, 0.6) is 0 Å². The monoisotopic (exact) mass is 578 g/mol. The molecule has 3 rings (SSSR count). The third-order valence-electron chi connectivity index (χ3n) is 6.70. The van der Waals surface area contributed by atoms with E-state index >= 15 is 0 Å². The van der Waals surface area contributed by atoms with E-state index in [0.717, 1.165) is 0 Å². The molecule has 12 N–H and O–H groups in total. The fourth-order valence-electron chi connectivity index (χ4n) is 4.23. The maximum Gasteiger partial charge on any atom is 0.186 e. The van der Waals surface area contributed by atoms with Crippen LogP contribution in [0, 0.1) is 0 Å². The van der Waals surface area contributed by atoms with E-state index in [1.54, 1.807) is 0 Å². The van der Waals surface area contributed by atoms with Gasteiger partial charge >= 0.3 is 0 Å². The van der Waals surface area contributed by atoms with Crippen LogP contribution < -0.4 is 0 Å². The van der Waals surface area contributed by atoms with Gasteiger partial charge in [-0.15, -0.1) is 0 Å². The summed E-state index contributed by atoms with van der Waals surface area (Å²) in [6.07, 6.45) is -25.8. The predicted octanol–water partition coefficient (Wildman–Crippen LogP) is -8.20. The van der Waals surface area contributed by atoms with Crippen LogP contribution in [0.25, 0.3) is 0 Å². The maximum atomic E-state index is 10.3. The average Bonchev–Trinajstić information content (AvgIpc) is 2.93. The quantitative estimate of drug-likeness (QED) is 0.108. The zero-order chi connectivity index (χ0) is 29.0. The molecule has 18 nitrogen and oxygen atoms in total. The van der Waals surface area contributed by atoms with Gasteiger partial charge in [-0.05, 0) is 0 Å². The molecular weight excluding hydrogens is 540 g/mol. The van der Waals surface area contributed by atoms with Gasteiger partial charge in [-0.3, -0.25) is 0 Å². The number of aliphatic hydroxyl groups is 12. The van der Waals surface area contributed by atoms with E-state index in [9.17, 15) is 56.2 Å². The number of ether oxygens (including phenoxy) is 6. The lowest BCUT2D eigenvalue weighted by Crippen LogP contribution is -2.62. The Morgan fingerprint density at radius 1 is 0.487 bits per heavy atom. The molecule has 230 valence electrons. The van der Waals surface area contributed by atoms with E-state index in [1.807, 2.05) is 0 Å². The normalized spacial score (nSPS) is 48.2. The summed E-state index contributed by atoms with van der Waals surface area (Å²) in [5.74, 6) is 0. The summed E-state index contributed by atoms with van der Waals surface area (Å²) in [6, 6.07) is 0. The highest BCUT2D eigenvalue weighted by Gasteiger charge is 2.49. The van der Waals surface area contributed by atoms with Crippen molar-refractivity contribution in [3.8, 4) is 0 Å². The molecule has 0 aliphatic carbocycles. The Bertz CT molecular complexity index is 731. The molecule has 0 saturated carbocycles. The average molecular weight is 579 g/mol. The minimum absolute atomic E-state index is 0.473. The Balaban J connectivity index is 1.58. The van der Waals surface area contributed by atoms with Gasteiger partial charge in [0.25, 0.3) is 0 Å². The molecule has 39 heavy (non-hydrogen) atoms. The molecule has 18 heteroatoms. The highest BCUT2D eigenvalue weighted by atomic mass is 16.7. The predicted molar refractivity (Wildman–Crippen MR) is 118 cm³/mol. The SMILES string of the molecule is OC[C@@H](O)CO[C@@H]1O[C@H](CO[C@@H]2O[C@H](CO[C@@H]3O[C@H](CO)[C@@H](O)[C@H](O)[C@H]3O)[C@@H](O)[C@H](O)[C@H]2O)[C@@H](O)[C@H](O)[C@H]1O.